The summed E-state index contributed by atoms with van der Waals surface area (Å²) in [5.74, 6) is 1.02. The highest BCUT2D eigenvalue weighted by atomic mass is 32.3. The highest BCUT2D eigenvalue weighted by Crippen LogP contribution is 2.85. The lowest BCUT2D eigenvalue weighted by molar-refractivity contribution is 0.861. The smallest absolute Gasteiger partial charge is 0.0105 e. The van der Waals surface area contributed by atoms with Gasteiger partial charge in [0.15, 0.2) is 0 Å². The zero-order valence-electron chi connectivity index (χ0n) is 24.5. The van der Waals surface area contributed by atoms with E-state index in [9.17, 15) is 0 Å². The van der Waals surface area contributed by atoms with Crippen molar-refractivity contribution in [3.05, 3.63) is 95.1 Å². The topological polar surface area (TPSA) is 0 Å². The van der Waals surface area contributed by atoms with E-state index in [1.807, 2.05) is 27.7 Å². The third kappa shape index (κ3) is 4.07. The van der Waals surface area contributed by atoms with Gasteiger partial charge in [0.2, 0.25) is 0 Å². The van der Waals surface area contributed by atoms with Crippen LogP contribution in [0.4, 0.5) is 0 Å². The van der Waals surface area contributed by atoms with Crippen LogP contribution in [0.5, 0.6) is 0 Å². The number of rotatable bonds is 2. The normalized spacial score (nSPS) is 14.2. The molecule has 37 heavy (non-hydrogen) atoms. The number of benzene rings is 4. The van der Waals surface area contributed by atoms with Crippen LogP contribution < -0.4 is 0 Å². The molecule has 0 N–H and O–H groups in total. The minimum Gasteiger partial charge on any atom is -0.130 e. The Kier molecular flexibility index (Phi) is 7.77. The highest BCUT2D eigenvalue weighted by molar-refractivity contribution is 8.34. The summed E-state index contributed by atoms with van der Waals surface area (Å²) in [7, 11) is -1.52. The molecule has 0 nitrogen and oxygen atoms in total. The Hall–Kier alpha value is -2.77. The average Bonchev–Trinajstić information content (AvgIpc) is 3.36. The summed E-state index contributed by atoms with van der Waals surface area (Å²) in [6.07, 6.45) is 0. The molecular formula is C36H44S. The lowest BCUT2D eigenvalue weighted by Gasteiger charge is -2.37. The first-order valence-corrected chi connectivity index (χ1v) is 15.8. The van der Waals surface area contributed by atoms with E-state index in [0.29, 0.717) is 11.8 Å². The highest BCUT2D eigenvalue weighted by Gasteiger charge is 2.48. The van der Waals surface area contributed by atoms with Gasteiger partial charge in [-0.15, -0.1) is 10.0 Å². The summed E-state index contributed by atoms with van der Waals surface area (Å²) in [5, 5.41) is 0. The molecule has 0 amide bonds. The molecular weight excluding hydrogens is 464 g/mol. The summed E-state index contributed by atoms with van der Waals surface area (Å²) >= 11 is 0. The Labute approximate surface area is 227 Å². The first kappa shape index (κ1) is 27.3. The van der Waals surface area contributed by atoms with E-state index in [0.717, 1.165) is 0 Å². The van der Waals surface area contributed by atoms with Gasteiger partial charge in [-0.1, -0.05) is 104 Å². The van der Waals surface area contributed by atoms with E-state index in [1.54, 1.807) is 9.79 Å². The first-order valence-electron chi connectivity index (χ1n) is 14.2. The monoisotopic (exact) mass is 508 g/mol. The summed E-state index contributed by atoms with van der Waals surface area (Å²) in [5.41, 5.74) is 11.3. The van der Waals surface area contributed by atoms with Crippen LogP contribution in [0.2, 0.25) is 0 Å². The molecule has 6 rings (SSSR count). The molecule has 2 aliphatic heterocycles. The molecule has 4 aromatic carbocycles. The molecule has 0 fully saturated rings. The molecule has 1 heteroatoms. The summed E-state index contributed by atoms with van der Waals surface area (Å²) < 4.78 is 0. The Bertz CT molecular complexity index is 1330. The fourth-order valence-corrected chi connectivity index (χ4v) is 10.5. The SMILES string of the molecule is CC.CC.Cc1ccc2c(c1)S1(c3cc(C)ccc3-c3ccc(C(C)C)cc31)c1cc(C(C)C)ccc1-2. The van der Waals surface area contributed by atoms with Crippen molar-refractivity contribution in [1.29, 1.82) is 0 Å². The van der Waals surface area contributed by atoms with Crippen LogP contribution >= 0.6 is 10.0 Å². The van der Waals surface area contributed by atoms with Gasteiger partial charge in [-0.2, -0.15) is 0 Å². The maximum Gasteiger partial charge on any atom is 0.0105 e. The Morgan fingerprint density at radius 2 is 0.730 bits per heavy atom. The largest absolute Gasteiger partial charge is 0.130 e. The predicted molar refractivity (Wildman–Crippen MR) is 165 cm³/mol. The molecule has 0 aliphatic carbocycles. The second-order valence-corrected chi connectivity index (χ2v) is 13.4. The molecule has 0 atom stereocenters. The quantitative estimate of drug-likeness (QED) is 0.218. The molecule has 0 aromatic heterocycles. The Morgan fingerprint density at radius 1 is 0.432 bits per heavy atom. The van der Waals surface area contributed by atoms with E-state index in [-0.39, 0.29) is 0 Å². The van der Waals surface area contributed by atoms with E-state index in [2.05, 4.69) is 114 Å². The third-order valence-corrected chi connectivity index (χ3v) is 11.5. The minimum atomic E-state index is -1.52. The van der Waals surface area contributed by atoms with Gasteiger partial charge in [0, 0.05) is 19.6 Å². The fraction of sp³-hybridized carbons (Fsp3) is 0.333. The van der Waals surface area contributed by atoms with Gasteiger partial charge in [-0.3, -0.25) is 0 Å². The zero-order chi connectivity index (χ0) is 27.1. The fourth-order valence-electron chi connectivity index (χ4n) is 5.67. The van der Waals surface area contributed by atoms with Crippen LogP contribution in [0.3, 0.4) is 0 Å². The van der Waals surface area contributed by atoms with Crippen molar-refractivity contribution in [2.45, 2.75) is 101 Å². The van der Waals surface area contributed by atoms with Gasteiger partial charge in [0.1, 0.15) is 0 Å². The molecule has 0 saturated heterocycles. The second-order valence-electron chi connectivity index (χ2n) is 10.4. The van der Waals surface area contributed by atoms with Gasteiger partial charge in [-0.05, 0) is 94.5 Å². The van der Waals surface area contributed by atoms with Gasteiger partial charge in [0.25, 0.3) is 0 Å². The predicted octanol–water partition coefficient (Wildman–Crippen LogP) is 11.9. The number of hydrogen-bond donors (Lipinski definition) is 0. The van der Waals surface area contributed by atoms with Crippen LogP contribution in [0, 0.1) is 13.8 Å². The maximum atomic E-state index is 2.55. The summed E-state index contributed by atoms with van der Waals surface area (Å²) in [6.45, 7) is 21.7. The van der Waals surface area contributed by atoms with Crippen LogP contribution in [-0.2, 0) is 0 Å². The van der Waals surface area contributed by atoms with Crippen LogP contribution in [0.25, 0.3) is 22.3 Å². The average molecular weight is 509 g/mol. The molecule has 0 unspecified atom stereocenters. The van der Waals surface area contributed by atoms with Crippen LogP contribution in [-0.4, -0.2) is 0 Å². The van der Waals surface area contributed by atoms with Gasteiger partial charge in [0.05, 0.1) is 0 Å². The molecule has 0 radical (unpaired) electrons. The van der Waals surface area contributed by atoms with Crippen molar-refractivity contribution in [1.82, 2.24) is 0 Å². The molecule has 194 valence electrons. The summed E-state index contributed by atoms with van der Waals surface area (Å²) in [6, 6.07) is 28.9. The van der Waals surface area contributed by atoms with Crippen molar-refractivity contribution in [2.24, 2.45) is 0 Å². The first-order chi connectivity index (χ1) is 17.8. The van der Waals surface area contributed by atoms with Crippen LogP contribution in [0.1, 0.15) is 89.5 Å². The molecule has 0 bridgehead atoms. The van der Waals surface area contributed by atoms with Crippen molar-refractivity contribution < 1.29 is 0 Å². The second kappa shape index (κ2) is 10.5. The van der Waals surface area contributed by atoms with Crippen molar-refractivity contribution >= 4 is 10.0 Å². The Morgan fingerprint density at radius 3 is 1.05 bits per heavy atom. The molecule has 1 spiro atoms. The molecule has 0 saturated carbocycles. The van der Waals surface area contributed by atoms with Crippen molar-refractivity contribution in [3.8, 4) is 22.3 Å². The van der Waals surface area contributed by atoms with Crippen molar-refractivity contribution in [3.63, 3.8) is 0 Å². The van der Waals surface area contributed by atoms with Gasteiger partial charge >= 0.3 is 0 Å². The molecule has 4 aromatic rings. The summed E-state index contributed by atoms with van der Waals surface area (Å²) in [4.78, 5) is 6.15. The zero-order valence-corrected chi connectivity index (χ0v) is 25.3. The van der Waals surface area contributed by atoms with E-state index in [1.165, 1.54) is 54.3 Å². The number of aryl methyl sites for hydroxylation is 2. The van der Waals surface area contributed by atoms with Gasteiger partial charge in [-0.25, -0.2) is 0 Å². The van der Waals surface area contributed by atoms with E-state index in [4.69, 9.17) is 0 Å². The third-order valence-electron chi connectivity index (χ3n) is 7.52. The molecule has 2 aliphatic rings. The lowest BCUT2D eigenvalue weighted by Crippen LogP contribution is -2.01. The lowest BCUT2D eigenvalue weighted by atomic mass is 9.98. The van der Waals surface area contributed by atoms with Gasteiger partial charge < -0.3 is 0 Å². The van der Waals surface area contributed by atoms with Crippen molar-refractivity contribution in [2.75, 3.05) is 0 Å². The maximum absolute atomic E-state index is 2.55. The van der Waals surface area contributed by atoms with E-state index >= 15 is 0 Å². The molecule has 2 heterocycles. The standard InChI is InChI=1S/C32H32S.2C2H6/c1-19(2)23-9-13-27-25-11-7-21(5)15-29(25)33(31(27)17-23)30-16-22(6)8-12-26(30)28-14-10-24(20(3)4)18-32(28)33;2*1-2/h7-20H,1-6H3;2*1-2H3. The Balaban J connectivity index is 0.000000765. The van der Waals surface area contributed by atoms with Crippen LogP contribution in [0.15, 0.2) is 92.4 Å². The number of fused-ring (bicyclic) bond motifs is 10. The number of hydrogen-bond acceptors (Lipinski definition) is 0. The van der Waals surface area contributed by atoms with E-state index < -0.39 is 10.0 Å². The minimum absolute atomic E-state index is 0.511.